The molecule has 124 valence electrons. The summed E-state index contributed by atoms with van der Waals surface area (Å²) in [4.78, 5) is 23.2. The number of carbonyl (C=O) groups is 2. The molecule has 3 amide bonds. The molecule has 0 unspecified atom stereocenters. The Bertz CT molecular complexity index is 750. The van der Waals surface area contributed by atoms with Crippen LogP contribution in [0.1, 0.15) is 5.56 Å². The highest BCUT2D eigenvalue weighted by Gasteiger charge is 2.05. The van der Waals surface area contributed by atoms with Crippen molar-refractivity contribution in [3.8, 4) is 0 Å². The minimum Gasteiger partial charge on any atom is -0.329 e. The van der Waals surface area contributed by atoms with Crippen molar-refractivity contribution in [1.82, 2.24) is 10.7 Å². The van der Waals surface area contributed by atoms with Crippen LogP contribution in [-0.4, -0.2) is 24.7 Å². The average molecular weight is 349 g/mol. The normalized spacial score (nSPS) is 10.4. The zero-order valence-electron chi connectivity index (χ0n) is 12.4. The van der Waals surface area contributed by atoms with Crippen molar-refractivity contribution in [1.29, 1.82) is 0 Å². The van der Waals surface area contributed by atoms with Gasteiger partial charge in [0, 0.05) is 16.3 Å². The van der Waals surface area contributed by atoms with Crippen LogP contribution in [0.5, 0.6) is 0 Å². The number of amides is 3. The van der Waals surface area contributed by atoms with Gasteiger partial charge in [-0.3, -0.25) is 4.79 Å². The van der Waals surface area contributed by atoms with E-state index < -0.39 is 17.8 Å². The maximum Gasteiger partial charge on any atom is 0.319 e. The Balaban J connectivity index is 1.73. The number of benzene rings is 2. The summed E-state index contributed by atoms with van der Waals surface area (Å²) in [7, 11) is 0. The highest BCUT2D eigenvalue weighted by atomic mass is 35.5. The fourth-order valence-corrected chi connectivity index (χ4v) is 1.85. The first-order chi connectivity index (χ1) is 11.5. The van der Waals surface area contributed by atoms with E-state index in [4.69, 9.17) is 11.6 Å². The Hall–Kier alpha value is -2.93. The Morgan fingerprint density at radius 2 is 1.83 bits per heavy atom. The maximum absolute atomic E-state index is 12.7. The SMILES string of the molecule is O=C(CNC(=O)Nc1ccc(F)cc1)N/N=C\c1ccccc1Cl. The first kappa shape index (κ1) is 17.4. The molecule has 0 atom stereocenters. The molecule has 24 heavy (non-hydrogen) atoms. The van der Waals surface area contributed by atoms with Crippen LogP contribution in [0.15, 0.2) is 53.6 Å². The van der Waals surface area contributed by atoms with Gasteiger partial charge in [0.15, 0.2) is 0 Å². The molecule has 0 aliphatic heterocycles. The van der Waals surface area contributed by atoms with Crippen LogP contribution < -0.4 is 16.1 Å². The van der Waals surface area contributed by atoms with Crippen LogP contribution in [0.2, 0.25) is 5.02 Å². The number of hydrazone groups is 1. The van der Waals surface area contributed by atoms with Gasteiger partial charge in [-0.05, 0) is 30.3 Å². The van der Waals surface area contributed by atoms with Crippen molar-refractivity contribution in [2.75, 3.05) is 11.9 Å². The van der Waals surface area contributed by atoms with Gasteiger partial charge in [0.25, 0.3) is 5.91 Å². The number of carbonyl (C=O) groups excluding carboxylic acids is 2. The molecule has 0 spiro atoms. The lowest BCUT2D eigenvalue weighted by atomic mass is 10.2. The number of rotatable bonds is 5. The third-order valence-corrected chi connectivity index (χ3v) is 3.15. The number of anilines is 1. The highest BCUT2D eigenvalue weighted by Crippen LogP contribution is 2.12. The lowest BCUT2D eigenvalue weighted by molar-refractivity contribution is -0.120. The highest BCUT2D eigenvalue weighted by molar-refractivity contribution is 6.33. The summed E-state index contributed by atoms with van der Waals surface area (Å²) < 4.78 is 12.7. The lowest BCUT2D eigenvalue weighted by Crippen LogP contribution is -2.37. The molecule has 0 bridgehead atoms. The van der Waals surface area contributed by atoms with Gasteiger partial charge in [0.2, 0.25) is 0 Å². The molecule has 3 N–H and O–H groups in total. The minimum absolute atomic E-state index is 0.271. The van der Waals surface area contributed by atoms with Gasteiger partial charge in [-0.1, -0.05) is 29.8 Å². The molecule has 0 saturated carbocycles. The first-order valence-electron chi connectivity index (χ1n) is 6.91. The summed E-state index contributed by atoms with van der Waals surface area (Å²) in [6, 6.07) is 11.7. The van der Waals surface area contributed by atoms with Gasteiger partial charge < -0.3 is 10.6 Å². The Kier molecular flexibility index (Phi) is 6.27. The third-order valence-electron chi connectivity index (χ3n) is 2.81. The number of urea groups is 1. The molecule has 0 saturated heterocycles. The van der Waals surface area contributed by atoms with E-state index in [9.17, 15) is 14.0 Å². The van der Waals surface area contributed by atoms with Crippen LogP contribution in [-0.2, 0) is 4.79 Å². The van der Waals surface area contributed by atoms with E-state index in [-0.39, 0.29) is 6.54 Å². The van der Waals surface area contributed by atoms with Crippen molar-refractivity contribution in [2.45, 2.75) is 0 Å². The summed E-state index contributed by atoms with van der Waals surface area (Å²) in [5, 5.41) is 9.07. The predicted octanol–water partition coefficient (Wildman–Crippen LogP) is 2.75. The largest absolute Gasteiger partial charge is 0.329 e. The third kappa shape index (κ3) is 5.69. The summed E-state index contributed by atoms with van der Waals surface area (Å²) in [6.45, 7) is -0.271. The number of hydrogen-bond donors (Lipinski definition) is 3. The van der Waals surface area contributed by atoms with E-state index in [2.05, 4.69) is 21.2 Å². The van der Waals surface area contributed by atoms with Gasteiger partial charge in [-0.2, -0.15) is 5.10 Å². The van der Waals surface area contributed by atoms with Crippen molar-refractivity contribution in [3.63, 3.8) is 0 Å². The molecule has 0 aliphatic rings. The van der Waals surface area contributed by atoms with Gasteiger partial charge in [-0.25, -0.2) is 14.6 Å². The Morgan fingerprint density at radius 1 is 1.12 bits per heavy atom. The van der Waals surface area contributed by atoms with E-state index in [1.54, 1.807) is 24.3 Å². The standard InChI is InChI=1S/C16H14ClFN4O2/c17-14-4-2-1-3-11(14)9-20-22-15(23)10-19-16(24)21-13-7-5-12(18)6-8-13/h1-9H,10H2,(H,22,23)(H2,19,21,24)/b20-9-. The molecule has 0 aromatic heterocycles. The number of nitrogens with zero attached hydrogens (tertiary/aromatic N) is 1. The van der Waals surface area contributed by atoms with Gasteiger partial charge in [0.1, 0.15) is 12.4 Å². The summed E-state index contributed by atoms with van der Waals surface area (Å²) in [6.07, 6.45) is 1.40. The zero-order valence-corrected chi connectivity index (χ0v) is 13.2. The number of hydrogen-bond acceptors (Lipinski definition) is 3. The second kappa shape index (κ2) is 8.64. The molecule has 0 radical (unpaired) electrons. The van der Waals surface area contributed by atoms with E-state index in [1.807, 2.05) is 0 Å². The number of halogens is 2. The fourth-order valence-electron chi connectivity index (χ4n) is 1.66. The van der Waals surface area contributed by atoms with Crippen molar-refractivity contribution < 1.29 is 14.0 Å². The molecule has 2 aromatic rings. The lowest BCUT2D eigenvalue weighted by Gasteiger charge is -2.06. The summed E-state index contributed by atoms with van der Waals surface area (Å²) >= 11 is 5.94. The molecule has 6 nitrogen and oxygen atoms in total. The van der Waals surface area contributed by atoms with Gasteiger partial charge in [0.05, 0.1) is 6.21 Å². The van der Waals surface area contributed by atoms with Crippen molar-refractivity contribution in [2.24, 2.45) is 5.10 Å². The number of nitrogens with one attached hydrogen (secondary N) is 3. The van der Waals surface area contributed by atoms with Crippen LogP contribution in [0.25, 0.3) is 0 Å². The monoisotopic (exact) mass is 348 g/mol. The van der Waals surface area contributed by atoms with Crippen LogP contribution in [0.4, 0.5) is 14.9 Å². The summed E-state index contributed by atoms with van der Waals surface area (Å²) in [5.41, 5.74) is 3.33. The summed E-state index contributed by atoms with van der Waals surface area (Å²) in [5.74, 6) is -0.913. The van der Waals surface area contributed by atoms with E-state index in [0.29, 0.717) is 16.3 Å². The molecule has 2 aromatic carbocycles. The van der Waals surface area contributed by atoms with E-state index in [1.165, 1.54) is 30.5 Å². The second-order valence-corrected chi connectivity index (χ2v) is 5.04. The van der Waals surface area contributed by atoms with Crippen LogP contribution in [0, 0.1) is 5.82 Å². The van der Waals surface area contributed by atoms with Gasteiger partial charge >= 0.3 is 6.03 Å². The van der Waals surface area contributed by atoms with E-state index >= 15 is 0 Å². The molecule has 0 fully saturated rings. The maximum atomic E-state index is 12.7. The average Bonchev–Trinajstić information content (AvgIpc) is 2.57. The molecule has 0 heterocycles. The second-order valence-electron chi connectivity index (χ2n) is 4.63. The predicted molar refractivity (Wildman–Crippen MR) is 90.6 cm³/mol. The first-order valence-corrected chi connectivity index (χ1v) is 7.29. The molecular weight excluding hydrogens is 335 g/mol. The van der Waals surface area contributed by atoms with E-state index in [0.717, 1.165) is 0 Å². The molecular formula is C16H14ClFN4O2. The van der Waals surface area contributed by atoms with Gasteiger partial charge in [-0.15, -0.1) is 0 Å². The molecule has 2 rings (SSSR count). The zero-order chi connectivity index (χ0) is 17.4. The van der Waals surface area contributed by atoms with Crippen LogP contribution >= 0.6 is 11.6 Å². The minimum atomic E-state index is -0.591. The Labute approximate surface area is 142 Å². The molecule has 0 aliphatic carbocycles. The smallest absolute Gasteiger partial charge is 0.319 e. The quantitative estimate of drug-likeness (QED) is 0.573. The molecule has 8 heteroatoms. The van der Waals surface area contributed by atoms with Crippen molar-refractivity contribution in [3.05, 3.63) is 64.9 Å². The topological polar surface area (TPSA) is 82.6 Å². The van der Waals surface area contributed by atoms with Crippen LogP contribution in [0.3, 0.4) is 0 Å². The van der Waals surface area contributed by atoms with Crippen molar-refractivity contribution >= 4 is 35.4 Å². The fraction of sp³-hybridized carbons (Fsp3) is 0.0625. The Morgan fingerprint density at radius 3 is 2.54 bits per heavy atom.